The van der Waals surface area contributed by atoms with Crippen LogP contribution in [0.15, 0.2) is 84.9 Å². The van der Waals surface area contributed by atoms with Crippen molar-refractivity contribution < 1.29 is 4.79 Å². The maximum atomic E-state index is 10.8. The number of hydrogen-bond acceptors (Lipinski definition) is 3. The fourth-order valence-electron chi connectivity index (χ4n) is 2.20. The van der Waals surface area contributed by atoms with Gasteiger partial charge in [0.2, 0.25) is 0 Å². The molecular weight excluding hydrogens is 272 g/mol. The summed E-state index contributed by atoms with van der Waals surface area (Å²) in [7, 11) is 0. The maximum Gasteiger partial charge on any atom is 0.150 e. The molecule has 3 nitrogen and oxygen atoms in total. The molecule has 0 aliphatic heterocycles. The van der Waals surface area contributed by atoms with E-state index >= 15 is 0 Å². The lowest BCUT2D eigenvalue weighted by molar-refractivity contribution is 0.112. The van der Waals surface area contributed by atoms with E-state index in [-0.39, 0.29) is 0 Å². The first-order chi connectivity index (χ1) is 10.9. The van der Waals surface area contributed by atoms with Crippen LogP contribution in [0, 0.1) is 0 Å². The van der Waals surface area contributed by atoms with Gasteiger partial charge in [0.15, 0.2) is 0 Å². The molecule has 0 unspecified atom stereocenters. The highest BCUT2D eigenvalue weighted by atomic mass is 16.1. The van der Waals surface area contributed by atoms with Crippen molar-refractivity contribution in [2.45, 2.75) is 0 Å². The Balaban J connectivity index is 1.96. The molecule has 0 saturated heterocycles. The molecule has 3 aromatic carbocycles. The Morgan fingerprint density at radius 2 is 1.23 bits per heavy atom. The molecule has 0 radical (unpaired) electrons. The van der Waals surface area contributed by atoms with Gasteiger partial charge in [-0.3, -0.25) is 15.2 Å². The average molecular weight is 288 g/mol. The minimum atomic E-state index is 0.663. The molecule has 0 amide bonds. The van der Waals surface area contributed by atoms with Crippen LogP contribution in [-0.2, 0) is 0 Å². The SMILES string of the molecule is O=Cc1ccc(N(Nc2ccccc2)c2ccccc2)cc1. The van der Waals surface area contributed by atoms with Crippen LogP contribution in [0.25, 0.3) is 0 Å². The minimum Gasteiger partial charge on any atom is -0.298 e. The van der Waals surface area contributed by atoms with Gasteiger partial charge in [-0.15, -0.1) is 0 Å². The third-order valence-electron chi connectivity index (χ3n) is 3.32. The van der Waals surface area contributed by atoms with E-state index in [1.807, 2.05) is 89.9 Å². The largest absolute Gasteiger partial charge is 0.298 e. The van der Waals surface area contributed by atoms with Crippen molar-refractivity contribution in [3.05, 3.63) is 90.5 Å². The van der Waals surface area contributed by atoms with E-state index in [0.29, 0.717) is 5.56 Å². The number of rotatable bonds is 5. The number of nitrogens with one attached hydrogen (secondary N) is 1. The Labute approximate surface area is 129 Å². The molecule has 0 aliphatic rings. The third kappa shape index (κ3) is 3.15. The highest BCUT2D eigenvalue weighted by molar-refractivity contribution is 5.77. The summed E-state index contributed by atoms with van der Waals surface area (Å²) in [5.41, 5.74) is 7.03. The number of nitrogens with zero attached hydrogens (tertiary/aromatic N) is 1. The van der Waals surface area contributed by atoms with Gasteiger partial charge in [0, 0.05) is 5.56 Å². The number of hydrazine groups is 1. The fourth-order valence-corrected chi connectivity index (χ4v) is 2.20. The van der Waals surface area contributed by atoms with E-state index < -0.39 is 0 Å². The van der Waals surface area contributed by atoms with Gasteiger partial charge in [0.05, 0.1) is 17.1 Å². The van der Waals surface area contributed by atoms with Crippen LogP contribution in [-0.4, -0.2) is 6.29 Å². The minimum absolute atomic E-state index is 0.663. The van der Waals surface area contributed by atoms with Gasteiger partial charge in [0.25, 0.3) is 0 Å². The monoisotopic (exact) mass is 288 g/mol. The summed E-state index contributed by atoms with van der Waals surface area (Å²) in [5.74, 6) is 0. The van der Waals surface area contributed by atoms with E-state index in [1.165, 1.54) is 0 Å². The maximum absolute atomic E-state index is 10.8. The van der Waals surface area contributed by atoms with Gasteiger partial charge in [-0.1, -0.05) is 36.4 Å². The molecule has 3 heteroatoms. The second kappa shape index (κ2) is 6.59. The molecule has 3 aromatic rings. The number of carbonyl (C=O) groups is 1. The highest BCUT2D eigenvalue weighted by Gasteiger charge is 2.09. The summed E-state index contributed by atoms with van der Waals surface area (Å²) in [4.78, 5) is 10.8. The van der Waals surface area contributed by atoms with Gasteiger partial charge >= 0.3 is 0 Å². The quantitative estimate of drug-likeness (QED) is 0.547. The molecule has 0 atom stereocenters. The van der Waals surface area contributed by atoms with Crippen molar-refractivity contribution in [1.82, 2.24) is 0 Å². The smallest absolute Gasteiger partial charge is 0.150 e. The Kier molecular flexibility index (Phi) is 4.16. The number of aldehydes is 1. The standard InChI is InChI=1S/C19H16N2O/c22-15-16-11-13-19(14-12-16)21(18-9-5-2-6-10-18)20-17-7-3-1-4-8-17/h1-15,20H. The zero-order valence-corrected chi connectivity index (χ0v) is 12.0. The molecule has 108 valence electrons. The molecule has 22 heavy (non-hydrogen) atoms. The molecule has 0 saturated carbocycles. The molecule has 0 fully saturated rings. The van der Waals surface area contributed by atoms with Crippen LogP contribution in [0.1, 0.15) is 10.4 Å². The summed E-state index contributed by atoms with van der Waals surface area (Å²) in [6, 6.07) is 27.5. The van der Waals surface area contributed by atoms with Crippen molar-refractivity contribution in [2.75, 3.05) is 10.4 Å². The Hall–Kier alpha value is -3.07. The van der Waals surface area contributed by atoms with Gasteiger partial charge in [-0.25, -0.2) is 0 Å². The Morgan fingerprint density at radius 1 is 0.682 bits per heavy atom. The molecule has 1 N–H and O–H groups in total. The van der Waals surface area contributed by atoms with Crippen LogP contribution in [0.3, 0.4) is 0 Å². The first-order valence-corrected chi connectivity index (χ1v) is 7.09. The number of benzene rings is 3. The van der Waals surface area contributed by atoms with Crippen LogP contribution >= 0.6 is 0 Å². The Bertz CT molecular complexity index is 724. The van der Waals surface area contributed by atoms with Crippen LogP contribution in [0.2, 0.25) is 0 Å². The lowest BCUT2D eigenvalue weighted by Gasteiger charge is -2.26. The second-order valence-corrected chi connectivity index (χ2v) is 4.86. The number of para-hydroxylation sites is 2. The lowest BCUT2D eigenvalue weighted by Crippen LogP contribution is -2.24. The van der Waals surface area contributed by atoms with Crippen LogP contribution in [0.4, 0.5) is 17.1 Å². The molecule has 0 aliphatic carbocycles. The normalized spacial score (nSPS) is 10.0. The van der Waals surface area contributed by atoms with Crippen molar-refractivity contribution in [2.24, 2.45) is 0 Å². The first kappa shape index (κ1) is 13.9. The molecule has 3 rings (SSSR count). The molecule has 0 bridgehead atoms. The van der Waals surface area contributed by atoms with Crippen LogP contribution in [0.5, 0.6) is 0 Å². The summed E-state index contributed by atoms with van der Waals surface area (Å²) < 4.78 is 0. The fraction of sp³-hybridized carbons (Fsp3) is 0. The number of carbonyl (C=O) groups excluding carboxylic acids is 1. The summed E-state index contributed by atoms with van der Waals surface area (Å²) in [6.07, 6.45) is 0.848. The predicted molar refractivity (Wildman–Crippen MR) is 90.5 cm³/mol. The van der Waals surface area contributed by atoms with Crippen molar-refractivity contribution in [3.8, 4) is 0 Å². The summed E-state index contributed by atoms with van der Waals surface area (Å²) in [6.45, 7) is 0. The second-order valence-electron chi connectivity index (χ2n) is 4.86. The summed E-state index contributed by atoms with van der Waals surface area (Å²) in [5, 5.41) is 1.99. The predicted octanol–water partition coefficient (Wildman–Crippen LogP) is 4.66. The zero-order valence-electron chi connectivity index (χ0n) is 12.0. The Morgan fingerprint density at radius 3 is 1.82 bits per heavy atom. The van der Waals surface area contributed by atoms with Crippen LogP contribution < -0.4 is 10.4 Å². The van der Waals surface area contributed by atoms with E-state index in [0.717, 1.165) is 23.3 Å². The van der Waals surface area contributed by atoms with E-state index in [4.69, 9.17) is 0 Å². The third-order valence-corrected chi connectivity index (χ3v) is 3.32. The van der Waals surface area contributed by atoms with Gasteiger partial charge in [-0.2, -0.15) is 0 Å². The number of hydrogen-bond donors (Lipinski definition) is 1. The average Bonchev–Trinajstić information content (AvgIpc) is 2.61. The highest BCUT2D eigenvalue weighted by Crippen LogP contribution is 2.26. The van der Waals surface area contributed by atoms with E-state index in [2.05, 4.69) is 5.43 Å². The van der Waals surface area contributed by atoms with Crippen molar-refractivity contribution >= 4 is 23.3 Å². The molecule has 0 aromatic heterocycles. The summed E-state index contributed by atoms with van der Waals surface area (Å²) >= 11 is 0. The molecular formula is C19H16N2O. The number of anilines is 3. The lowest BCUT2D eigenvalue weighted by atomic mass is 10.2. The molecule has 0 heterocycles. The van der Waals surface area contributed by atoms with E-state index in [9.17, 15) is 4.79 Å². The van der Waals surface area contributed by atoms with Gasteiger partial charge < -0.3 is 0 Å². The van der Waals surface area contributed by atoms with Crippen molar-refractivity contribution in [1.29, 1.82) is 0 Å². The topological polar surface area (TPSA) is 32.3 Å². The first-order valence-electron chi connectivity index (χ1n) is 7.09. The van der Waals surface area contributed by atoms with Gasteiger partial charge in [-0.05, 0) is 48.5 Å². The zero-order chi connectivity index (χ0) is 15.2. The van der Waals surface area contributed by atoms with E-state index in [1.54, 1.807) is 0 Å². The van der Waals surface area contributed by atoms with Gasteiger partial charge in [0.1, 0.15) is 6.29 Å². The molecule has 0 spiro atoms. The van der Waals surface area contributed by atoms with Crippen molar-refractivity contribution in [3.63, 3.8) is 0 Å².